The molecule has 41 heavy (non-hydrogen) atoms. The summed E-state index contributed by atoms with van der Waals surface area (Å²) in [5.41, 5.74) is 2.99. The Morgan fingerprint density at radius 1 is 0.829 bits per heavy atom. The van der Waals surface area contributed by atoms with Gasteiger partial charge in [0.05, 0.1) is 24.6 Å². The van der Waals surface area contributed by atoms with E-state index in [9.17, 15) is 19.5 Å². The van der Waals surface area contributed by atoms with Gasteiger partial charge in [-0.05, 0) is 48.8 Å². The number of aliphatic hydroxyl groups is 1. The highest BCUT2D eigenvalue weighted by molar-refractivity contribution is 6.00. The number of rotatable bonds is 9. The third-order valence-electron chi connectivity index (χ3n) is 7.24. The average molecular weight is 555 g/mol. The first-order chi connectivity index (χ1) is 20.0. The highest BCUT2D eigenvalue weighted by Crippen LogP contribution is 2.18. The Bertz CT molecular complexity index is 1280. The molecule has 7 nitrogen and oxygen atoms in total. The predicted molar refractivity (Wildman–Crippen MR) is 158 cm³/mol. The summed E-state index contributed by atoms with van der Waals surface area (Å²) in [6, 6.07) is 28.0. The van der Waals surface area contributed by atoms with Crippen LogP contribution in [-0.2, 0) is 38.4 Å². The number of allylic oxidation sites excluding steroid dienone is 2. The monoisotopic (exact) mass is 554 g/mol. The number of carbonyl (C=O) groups is 3. The Balaban J connectivity index is 1.53. The van der Waals surface area contributed by atoms with E-state index < -0.39 is 35.7 Å². The van der Waals surface area contributed by atoms with E-state index in [0.29, 0.717) is 25.7 Å². The van der Waals surface area contributed by atoms with Crippen LogP contribution in [0.15, 0.2) is 103 Å². The zero-order valence-electron chi connectivity index (χ0n) is 23.2. The fourth-order valence-electron chi connectivity index (χ4n) is 5.00. The largest absolute Gasteiger partial charge is 0.463 e. The maximum absolute atomic E-state index is 13.5. The van der Waals surface area contributed by atoms with Crippen molar-refractivity contribution in [3.8, 4) is 0 Å². The Morgan fingerprint density at radius 2 is 1.39 bits per heavy atom. The van der Waals surface area contributed by atoms with Gasteiger partial charge in [-0.1, -0.05) is 103 Å². The lowest BCUT2D eigenvalue weighted by molar-refractivity contribution is -0.150. The summed E-state index contributed by atoms with van der Waals surface area (Å²) in [5.74, 6) is -2.60. The van der Waals surface area contributed by atoms with Crippen LogP contribution in [0, 0.1) is 11.8 Å². The molecule has 1 aliphatic heterocycles. The Morgan fingerprint density at radius 3 is 2.00 bits per heavy atom. The van der Waals surface area contributed by atoms with Crippen LogP contribution in [0.25, 0.3) is 0 Å². The van der Waals surface area contributed by atoms with Gasteiger partial charge in [0.1, 0.15) is 12.5 Å². The zero-order valence-corrected chi connectivity index (χ0v) is 23.2. The summed E-state index contributed by atoms with van der Waals surface area (Å²) in [5, 5.41) is 15.8. The minimum absolute atomic E-state index is 0.00389. The van der Waals surface area contributed by atoms with Gasteiger partial charge in [-0.3, -0.25) is 14.4 Å². The average Bonchev–Trinajstić information content (AvgIpc) is 2.99. The van der Waals surface area contributed by atoms with Crippen molar-refractivity contribution in [1.82, 2.24) is 10.6 Å². The minimum Gasteiger partial charge on any atom is -0.463 e. The number of hydrogen-bond donors (Lipinski definition) is 3. The molecule has 3 unspecified atom stereocenters. The number of carbonyl (C=O) groups excluding carboxylic acids is 3. The van der Waals surface area contributed by atoms with Crippen LogP contribution in [0.5, 0.6) is 0 Å². The molecule has 1 aliphatic rings. The van der Waals surface area contributed by atoms with Crippen LogP contribution in [0.2, 0.25) is 0 Å². The second kappa shape index (κ2) is 15.5. The number of aliphatic hydroxyl groups excluding tert-OH is 1. The Kier molecular flexibility index (Phi) is 11.3. The van der Waals surface area contributed by atoms with E-state index in [0.717, 1.165) is 16.7 Å². The van der Waals surface area contributed by atoms with E-state index in [-0.39, 0.29) is 25.6 Å². The molecule has 0 radical (unpaired) electrons. The molecule has 7 heteroatoms. The van der Waals surface area contributed by atoms with E-state index in [4.69, 9.17) is 4.74 Å². The zero-order chi connectivity index (χ0) is 28.9. The Labute approximate surface area is 241 Å². The third kappa shape index (κ3) is 9.43. The van der Waals surface area contributed by atoms with Crippen molar-refractivity contribution in [2.75, 3.05) is 13.2 Å². The molecule has 214 valence electrons. The number of benzene rings is 3. The molecule has 0 fully saturated rings. The normalized spacial score (nSPS) is 20.6. The van der Waals surface area contributed by atoms with Gasteiger partial charge in [-0.2, -0.15) is 0 Å². The molecular weight excluding hydrogens is 516 g/mol. The fraction of sp³-hybridized carbons (Fsp3) is 0.324. The van der Waals surface area contributed by atoms with E-state index in [1.54, 1.807) is 6.08 Å². The van der Waals surface area contributed by atoms with Gasteiger partial charge in [0.2, 0.25) is 11.8 Å². The second-order valence-electron chi connectivity index (χ2n) is 10.5. The molecule has 3 aromatic carbocycles. The predicted octanol–water partition coefficient (Wildman–Crippen LogP) is 3.80. The summed E-state index contributed by atoms with van der Waals surface area (Å²) in [6.07, 6.45) is 5.66. The van der Waals surface area contributed by atoms with Crippen LogP contribution in [-0.4, -0.2) is 48.2 Å². The first-order valence-corrected chi connectivity index (χ1v) is 14.2. The number of esters is 1. The van der Waals surface area contributed by atoms with Crippen molar-refractivity contribution in [2.24, 2.45) is 11.8 Å². The van der Waals surface area contributed by atoms with Gasteiger partial charge < -0.3 is 20.5 Å². The van der Waals surface area contributed by atoms with Gasteiger partial charge in [0.15, 0.2) is 0 Å². The van der Waals surface area contributed by atoms with Crippen molar-refractivity contribution in [1.29, 1.82) is 0 Å². The smallest absolute Gasteiger partial charge is 0.309 e. The lowest BCUT2D eigenvalue weighted by Gasteiger charge is -2.25. The minimum atomic E-state index is -1.00. The van der Waals surface area contributed by atoms with Crippen LogP contribution in [0.4, 0.5) is 0 Å². The summed E-state index contributed by atoms with van der Waals surface area (Å²) in [4.78, 5) is 40.0. The Hall–Kier alpha value is -4.23. The standard InChI is InChI=1S/C34H38N2O5/c37-23-29(21-26-14-6-2-7-15-26)35-32(38)31-19-11-10-18-28(20-25-12-4-1-5-13-25)34(40)41-24-30(36-33(31)39)22-27-16-8-3-9-17-27/h1-17,28-31,37H,18-24H2,(H,35,38)(H,36,39)/t28?,29-,30?,31?/m1/s1. The molecule has 0 saturated heterocycles. The first-order valence-electron chi connectivity index (χ1n) is 14.2. The maximum atomic E-state index is 13.5. The summed E-state index contributed by atoms with van der Waals surface area (Å²) in [7, 11) is 0. The topological polar surface area (TPSA) is 105 Å². The van der Waals surface area contributed by atoms with Crippen molar-refractivity contribution in [3.05, 3.63) is 120 Å². The highest BCUT2D eigenvalue weighted by Gasteiger charge is 2.30. The van der Waals surface area contributed by atoms with Crippen molar-refractivity contribution in [3.63, 3.8) is 0 Å². The number of hydrogen-bond acceptors (Lipinski definition) is 5. The van der Waals surface area contributed by atoms with E-state index in [2.05, 4.69) is 10.6 Å². The van der Waals surface area contributed by atoms with Gasteiger partial charge in [0, 0.05) is 0 Å². The number of ether oxygens (including phenoxy) is 1. The molecule has 0 bridgehead atoms. The first kappa shape index (κ1) is 29.7. The van der Waals surface area contributed by atoms with Gasteiger partial charge in [-0.25, -0.2) is 0 Å². The molecular formula is C34H38N2O5. The van der Waals surface area contributed by atoms with Crippen molar-refractivity contribution < 1.29 is 24.2 Å². The second-order valence-corrected chi connectivity index (χ2v) is 10.5. The quantitative estimate of drug-likeness (QED) is 0.212. The molecule has 0 aliphatic carbocycles. The number of cyclic esters (lactones) is 1. The van der Waals surface area contributed by atoms with Crippen LogP contribution >= 0.6 is 0 Å². The van der Waals surface area contributed by atoms with Gasteiger partial charge >= 0.3 is 5.97 Å². The van der Waals surface area contributed by atoms with Crippen molar-refractivity contribution >= 4 is 17.8 Å². The van der Waals surface area contributed by atoms with Crippen LogP contribution < -0.4 is 10.6 Å². The third-order valence-corrected chi connectivity index (χ3v) is 7.24. The van der Waals surface area contributed by atoms with Crippen molar-refractivity contribution in [2.45, 2.75) is 44.2 Å². The molecule has 0 spiro atoms. The van der Waals surface area contributed by atoms with E-state index in [1.165, 1.54) is 0 Å². The molecule has 2 amide bonds. The van der Waals surface area contributed by atoms with Crippen LogP contribution in [0.3, 0.4) is 0 Å². The fourth-order valence-corrected chi connectivity index (χ4v) is 5.00. The lowest BCUT2D eigenvalue weighted by Crippen LogP contribution is -2.50. The molecule has 0 saturated carbocycles. The number of nitrogens with one attached hydrogen (secondary N) is 2. The van der Waals surface area contributed by atoms with E-state index >= 15 is 0 Å². The molecule has 3 aromatic rings. The van der Waals surface area contributed by atoms with Gasteiger partial charge in [-0.15, -0.1) is 0 Å². The van der Waals surface area contributed by atoms with Crippen LogP contribution in [0.1, 0.15) is 29.5 Å². The van der Waals surface area contributed by atoms with Gasteiger partial charge in [0.25, 0.3) is 0 Å². The van der Waals surface area contributed by atoms with E-state index in [1.807, 2.05) is 97.1 Å². The summed E-state index contributed by atoms with van der Waals surface area (Å²) < 4.78 is 5.76. The number of amides is 2. The molecule has 4 atom stereocenters. The molecule has 1 heterocycles. The SMILES string of the molecule is O=C1OCC(Cc2ccccc2)NC(=O)C(C(=O)N[C@@H](CO)Cc2ccccc2)CC=CCC1Cc1ccccc1. The lowest BCUT2D eigenvalue weighted by atomic mass is 9.94. The molecule has 0 aromatic heterocycles. The summed E-state index contributed by atoms with van der Waals surface area (Å²) >= 11 is 0. The molecule has 3 N–H and O–H groups in total. The molecule has 4 rings (SSSR count). The maximum Gasteiger partial charge on any atom is 0.309 e. The highest BCUT2D eigenvalue weighted by atomic mass is 16.5. The summed E-state index contributed by atoms with van der Waals surface area (Å²) in [6.45, 7) is -0.255.